The lowest BCUT2D eigenvalue weighted by Gasteiger charge is -2.26. The van der Waals surface area contributed by atoms with Crippen LogP contribution < -0.4 is 5.56 Å². The largest absolute Gasteiger partial charge is 0.332 e. The summed E-state index contributed by atoms with van der Waals surface area (Å²) in [7, 11) is 0. The molecule has 1 aliphatic heterocycles. The first-order chi connectivity index (χ1) is 11.2. The van der Waals surface area contributed by atoms with Gasteiger partial charge in [0.05, 0.1) is 30.2 Å². The Morgan fingerprint density at radius 1 is 1.30 bits per heavy atom. The first-order valence-corrected chi connectivity index (χ1v) is 8.12. The van der Waals surface area contributed by atoms with Crippen molar-refractivity contribution < 1.29 is 4.79 Å². The standard InChI is InChI=1S/C16H19N5O2/c22-15-12-9-20(7-5-13(12)17-10-18-15)16(23)14-6-8-21(19-14)11-3-1-2-4-11/h6,8,10-11H,1-5,7,9H2,(H,17,18,22). The molecule has 2 aliphatic rings. The van der Waals surface area contributed by atoms with Crippen LogP contribution in [0.25, 0.3) is 0 Å². The van der Waals surface area contributed by atoms with E-state index < -0.39 is 0 Å². The molecular formula is C16H19N5O2. The number of aromatic nitrogens is 4. The van der Waals surface area contributed by atoms with Crippen LogP contribution >= 0.6 is 0 Å². The molecule has 23 heavy (non-hydrogen) atoms. The van der Waals surface area contributed by atoms with Crippen LogP contribution in [0, 0.1) is 0 Å². The van der Waals surface area contributed by atoms with E-state index in [4.69, 9.17) is 0 Å². The smallest absolute Gasteiger partial charge is 0.274 e. The fraction of sp³-hybridized carbons (Fsp3) is 0.500. The fourth-order valence-corrected chi connectivity index (χ4v) is 3.51. The summed E-state index contributed by atoms with van der Waals surface area (Å²) in [5, 5.41) is 4.47. The zero-order valence-electron chi connectivity index (χ0n) is 12.9. The highest BCUT2D eigenvalue weighted by Crippen LogP contribution is 2.28. The molecule has 0 unspecified atom stereocenters. The van der Waals surface area contributed by atoms with Gasteiger partial charge in [0, 0.05) is 19.2 Å². The highest BCUT2D eigenvalue weighted by atomic mass is 16.2. The molecule has 1 aliphatic carbocycles. The van der Waals surface area contributed by atoms with E-state index in [0.29, 0.717) is 36.8 Å². The molecule has 0 bridgehead atoms. The van der Waals surface area contributed by atoms with Gasteiger partial charge in [-0.05, 0) is 18.9 Å². The topological polar surface area (TPSA) is 83.9 Å². The van der Waals surface area contributed by atoms with Crippen LogP contribution in [-0.2, 0) is 13.0 Å². The molecule has 0 radical (unpaired) electrons. The second kappa shape index (κ2) is 5.64. The molecule has 0 aromatic carbocycles. The Bertz CT molecular complexity index is 788. The Kier molecular flexibility index (Phi) is 3.48. The number of nitrogens with one attached hydrogen (secondary N) is 1. The summed E-state index contributed by atoms with van der Waals surface area (Å²) in [6.45, 7) is 0.867. The van der Waals surface area contributed by atoms with Crippen molar-refractivity contribution in [2.45, 2.75) is 44.7 Å². The average molecular weight is 313 g/mol. The third-order valence-electron chi connectivity index (χ3n) is 4.82. The number of nitrogens with zero attached hydrogens (tertiary/aromatic N) is 4. The van der Waals surface area contributed by atoms with Crippen molar-refractivity contribution in [3.05, 3.63) is 45.9 Å². The molecule has 0 saturated heterocycles. The molecule has 3 heterocycles. The predicted octanol–water partition coefficient (Wildman–Crippen LogP) is 1.28. The Morgan fingerprint density at radius 2 is 2.13 bits per heavy atom. The van der Waals surface area contributed by atoms with E-state index >= 15 is 0 Å². The minimum atomic E-state index is -0.163. The van der Waals surface area contributed by atoms with Crippen LogP contribution in [0.5, 0.6) is 0 Å². The third kappa shape index (κ3) is 2.56. The van der Waals surface area contributed by atoms with E-state index in [9.17, 15) is 9.59 Å². The first-order valence-electron chi connectivity index (χ1n) is 8.12. The maximum atomic E-state index is 12.7. The summed E-state index contributed by atoms with van der Waals surface area (Å²) in [6, 6.07) is 2.20. The van der Waals surface area contributed by atoms with E-state index in [2.05, 4.69) is 15.1 Å². The number of rotatable bonds is 2. The molecule has 2 aromatic heterocycles. The minimum absolute atomic E-state index is 0.115. The lowest BCUT2D eigenvalue weighted by Crippen LogP contribution is -2.39. The Balaban J connectivity index is 1.54. The number of amides is 1. The highest BCUT2D eigenvalue weighted by molar-refractivity contribution is 5.92. The van der Waals surface area contributed by atoms with Gasteiger partial charge >= 0.3 is 0 Å². The van der Waals surface area contributed by atoms with Crippen LogP contribution in [-0.4, -0.2) is 37.1 Å². The van der Waals surface area contributed by atoms with Crippen molar-refractivity contribution in [1.29, 1.82) is 0 Å². The average Bonchev–Trinajstić information content (AvgIpc) is 3.25. The van der Waals surface area contributed by atoms with E-state index in [-0.39, 0.29) is 11.5 Å². The van der Waals surface area contributed by atoms with Crippen molar-refractivity contribution in [1.82, 2.24) is 24.6 Å². The fourth-order valence-electron chi connectivity index (χ4n) is 3.51. The predicted molar refractivity (Wildman–Crippen MR) is 83.0 cm³/mol. The van der Waals surface area contributed by atoms with Crippen molar-refractivity contribution in [3.63, 3.8) is 0 Å². The van der Waals surface area contributed by atoms with Crippen LogP contribution in [0.15, 0.2) is 23.4 Å². The van der Waals surface area contributed by atoms with Crippen LogP contribution in [0.2, 0.25) is 0 Å². The van der Waals surface area contributed by atoms with E-state index in [1.54, 1.807) is 11.0 Å². The number of hydrogen-bond acceptors (Lipinski definition) is 4. The maximum absolute atomic E-state index is 12.7. The molecule has 1 fully saturated rings. The molecular weight excluding hydrogens is 294 g/mol. The number of carbonyl (C=O) groups is 1. The molecule has 0 atom stereocenters. The lowest BCUT2D eigenvalue weighted by atomic mass is 10.1. The highest BCUT2D eigenvalue weighted by Gasteiger charge is 2.26. The third-order valence-corrected chi connectivity index (χ3v) is 4.82. The molecule has 120 valence electrons. The van der Waals surface area contributed by atoms with Gasteiger partial charge in [-0.2, -0.15) is 5.10 Å². The summed E-state index contributed by atoms with van der Waals surface area (Å²) >= 11 is 0. The minimum Gasteiger partial charge on any atom is -0.332 e. The molecule has 7 nitrogen and oxygen atoms in total. The number of carbonyl (C=O) groups excluding carboxylic acids is 1. The van der Waals surface area contributed by atoms with Gasteiger partial charge < -0.3 is 9.88 Å². The lowest BCUT2D eigenvalue weighted by molar-refractivity contribution is 0.0725. The zero-order valence-corrected chi connectivity index (χ0v) is 12.9. The van der Waals surface area contributed by atoms with Crippen molar-refractivity contribution >= 4 is 5.91 Å². The number of aromatic amines is 1. The summed E-state index contributed by atoms with van der Waals surface area (Å²) in [4.78, 5) is 33.0. The van der Waals surface area contributed by atoms with E-state index in [0.717, 1.165) is 18.5 Å². The van der Waals surface area contributed by atoms with Gasteiger partial charge in [-0.3, -0.25) is 14.3 Å². The van der Waals surface area contributed by atoms with Gasteiger partial charge in [-0.15, -0.1) is 0 Å². The van der Waals surface area contributed by atoms with Gasteiger partial charge in [-0.25, -0.2) is 4.98 Å². The molecule has 7 heteroatoms. The Hall–Kier alpha value is -2.44. The summed E-state index contributed by atoms with van der Waals surface area (Å²) < 4.78 is 1.92. The zero-order chi connectivity index (χ0) is 15.8. The molecule has 1 saturated carbocycles. The van der Waals surface area contributed by atoms with Gasteiger partial charge in [0.15, 0.2) is 0 Å². The number of fused-ring (bicyclic) bond motifs is 1. The summed E-state index contributed by atoms with van der Waals surface area (Å²) in [5.41, 5.74) is 1.67. The normalized spacial score (nSPS) is 18.2. The monoisotopic (exact) mass is 313 g/mol. The van der Waals surface area contributed by atoms with Crippen molar-refractivity contribution in [2.24, 2.45) is 0 Å². The summed E-state index contributed by atoms with van der Waals surface area (Å²) in [5.74, 6) is -0.115. The second-order valence-electron chi connectivity index (χ2n) is 6.25. The van der Waals surface area contributed by atoms with Gasteiger partial charge in [-0.1, -0.05) is 12.8 Å². The number of hydrogen-bond donors (Lipinski definition) is 1. The van der Waals surface area contributed by atoms with E-state index in [1.807, 2.05) is 10.9 Å². The van der Waals surface area contributed by atoms with Crippen LogP contribution in [0.3, 0.4) is 0 Å². The van der Waals surface area contributed by atoms with E-state index in [1.165, 1.54) is 19.2 Å². The molecule has 4 rings (SSSR count). The molecule has 1 N–H and O–H groups in total. The molecule has 2 aromatic rings. The van der Waals surface area contributed by atoms with Gasteiger partial charge in [0.1, 0.15) is 5.69 Å². The Morgan fingerprint density at radius 3 is 2.96 bits per heavy atom. The first kappa shape index (κ1) is 14.2. The number of H-pyrrole nitrogens is 1. The molecule has 0 spiro atoms. The van der Waals surface area contributed by atoms with Crippen molar-refractivity contribution in [3.8, 4) is 0 Å². The van der Waals surface area contributed by atoms with Gasteiger partial charge in [0.2, 0.25) is 0 Å². The second-order valence-corrected chi connectivity index (χ2v) is 6.25. The van der Waals surface area contributed by atoms with Crippen LogP contribution in [0.4, 0.5) is 0 Å². The van der Waals surface area contributed by atoms with Gasteiger partial charge in [0.25, 0.3) is 11.5 Å². The quantitative estimate of drug-likeness (QED) is 0.905. The van der Waals surface area contributed by atoms with Crippen molar-refractivity contribution in [2.75, 3.05) is 6.54 Å². The molecule has 1 amide bonds. The Labute approximate surface area is 133 Å². The summed E-state index contributed by atoms with van der Waals surface area (Å²) in [6.07, 6.45) is 8.64. The van der Waals surface area contributed by atoms with Crippen LogP contribution in [0.1, 0.15) is 53.5 Å². The maximum Gasteiger partial charge on any atom is 0.274 e. The SMILES string of the molecule is O=C(c1ccn(C2CCCC2)n1)N1CCc2nc[nH]c(=O)c2C1.